The molecule has 0 fully saturated rings. The monoisotopic (exact) mass is 2350 g/mol. The fourth-order valence-electron chi connectivity index (χ4n) is 4.99. The summed E-state index contributed by atoms with van der Waals surface area (Å²) in [5, 5.41) is 447. The molecule has 0 aliphatic carbocycles. The normalized spacial score (nSPS) is 15.7. The van der Waals surface area contributed by atoms with Crippen LogP contribution in [0.5, 0.6) is 0 Å². The van der Waals surface area contributed by atoms with Crippen LogP contribution in [-0.2, 0) is 208 Å². The molecule has 0 spiro atoms. The molecule has 0 aromatic heterocycles. The standard InChI is InChI=1S/5C6H12O7.C5H12O5.5C4H6O5.4Cu.4Fe.5H2O/c5*7-1-2(8)3(9)4(10)5(11)6(12)13;6-1-3(8)5(10)4(9)2-7;5*5-2(4(8)9)1-3(6)7;;;;;;;;;;;;;/h5*2-5,7-11H,1H2,(H,12,13);3-10H,1-2H2;5*2,5H,1H2,(H,6,7)(H,8,9);;;;;;;;;5*1H2/q;;;;;;;;;;;4*+2;4*+3;;;;;/p-20/t5*2-,3-,4+,5-;3-,4+,5?;;;;;;;;;;;;;;;;;;/m11111.................../s1. The largest absolute Gasteiger partial charge is 3.00 e. The number of hydrogen-bond donors (Lipinski definition) is 35. The molecule has 40 N–H and O–H groups in total. The zero-order valence-electron chi connectivity index (χ0n) is 64.9. The quantitative estimate of drug-likeness (QED) is 0.0252. The van der Waals surface area contributed by atoms with Crippen molar-refractivity contribution in [2.75, 3.05) is 46.2 Å². The van der Waals surface area contributed by atoms with Crippen molar-refractivity contribution in [1.29, 1.82) is 0 Å². The van der Waals surface area contributed by atoms with E-state index in [-0.39, 0.29) is 164 Å². The first-order valence-electron chi connectivity index (χ1n) is 30.8. The smallest absolute Gasteiger partial charge is 0.870 e. The number of carbonyl (C=O) groups is 15. The molecule has 0 amide bonds. The summed E-state index contributed by atoms with van der Waals surface area (Å²) in [6, 6.07) is 0. The number of aliphatic hydroxyl groups excluding tert-OH is 35. The predicted molar refractivity (Wildman–Crippen MR) is 326 cm³/mol. The number of rotatable bonds is 44. The van der Waals surface area contributed by atoms with Gasteiger partial charge in [0.15, 0.2) is 0 Å². The molecule has 0 heterocycles. The van der Waals surface area contributed by atoms with Gasteiger partial charge >= 0.3 is 137 Å². The maximum absolute atomic E-state index is 9.98. The van der Waals surface area contributed by atoms with Gasteiger partial charge in [-0.25, -0.2) is 0 Å². The summed E-state index contributed by atoms with van der Waals surface area (Å²) in [6.07, 6.45) is -59.1. The van der Waals surface area contributed by atoms with Gasteiger partial charge < -0.3 is 355 Å². The van der Waals surface area contributed by atoms with Crippen LogP contribution in [0.3, 0.4) is 0 Å². The fraction of sp³-hybridized carbons (Fsp3) is 0.727. The maximum atomic E-state index is 9.98. The number of carbonyl (C=O) groups excluding carboxylic acids is 15. The second-order valence-corrected chi connectivity index (χ2v) is 21.5. The number of hydrogen-bond acceptors (Lipinski definition) is 70. The minimum Gasteiger partial charge on any atom is -0.870 e. The average Bonchev–Trinajstić information content (AvgIpc) is 0.903. The zero-order valence-corrected chi connectivity index (χ0v) is 73.1. The van der Waals surface area contributed by atoms with Crippen LogP contribution in [0.25, 0.3) is 0 Å². The summed E-state index contributed by atoms with van der Waals surface area (Å²) in [5.74, 6) is -27.0. The molecule has 0 aromatic carbocycles. The zero-order chi connectivity index (χ0) is 98.3. The van der Waals surface area contributed by atoms with Gasteiger partial charge in [-0.2, -0.15) is 0 Å². The van der Waals surface area contributed by atoms with Crippen LogP contribution >= 0.6 is 0 Å². The van der Waals surface area contributed by atoms with Gasteiger partial charge in [0.2, 0.25) is 0 Å². The summed E-state index contributed by atoms with van der Waals surface area (Å²) in [7, 11) is 0. The van der Waals surface area contributed by atoms with Gasteiger partial charge in [0.1, 0.15) is 140 Å². The van der Waals surface area contributed by atoms with E-state index < -0.39 is 339 Å². The molecule has 28 atom stereocenters. The Morgan fingerprint density at radius 1 is 0.158 bits per heavy atom. The fourth-order valence-corrected chi connectivity index (χ4v) is 4.99. The van der Waals surface area contributed by atoms with Crippen LogP contribution < -0.4 is 76.6 Å². The number of carboxylic acids is 15. The van der Waals surface area contributed by atoms with Gasteiger partial charge in [0.25, 0.3) is 0 Å². The first kappa shape index (κ1) is 191. The van der Waals surface area contributed by atoms with Gasteiger partial charge in [-0.15, -0.1) is 0 Å². The second kappa shape index (κ2) is 109. The Morgan fingerprint density at radius 3 is 0.293 bits per heavy atom. The van der Waals surface area contributed by atoms with Crippen LogP contribution in [0.15, 0.2) is 0 Å². The van der Waals surface area contributed by atoms with E-state index in [1.807, 2.05) is 0 Å². The Bertz CT molecular complexity index is 2500. The van der Waals surface area contributed by atoms with Crippen molar-refractivity contribution in [3.05, 3.63) is 0 Å². The van der Waals surface area contributed by atoms with E-state index in [1.165, 1.54) is 0 Å². The van der Waals surface area contributed by atoms with Crippen molar-refractivity contribution in [3.8, 4) is 0 Å². The van der Waals surface area contributed by atoms with Crippen molar-refractivity contribution in [3.63, 3.8) is 0 Å². The Morgan fingerprint density at radius 2 is 0.241 bits per heavy atom. The number of carboxylic acid groups (broad SMARTS) is 15. The van der Waals surface area contributed by atoms with E-state index in [4.69, 9.17) is 179 Å². The minimum atomic E-state index is -2.31. The van der Waals surface area contributed by atoms with E-state index in [0.717, 1.165) is 0 Å². The van der Waals surface area contributed by atoms with Crippen LogP contribution in [0.4, 0.5) is 0 Å². The van der Waals surface area contributed by atoms with E-state index >= 15 is 0 Å². The molecule has 0 rings (SSSR count). The molecule has 78 heteroatoms. The summed E-state index contributed by atoms with van der Waals surface area (Å²) >= 11 is 0. The molecule has 0 saturated heterocycles. The molecule has 0 aromatic rings. The Balaban J connectivity index is -0.0000000444. The third-order valence-corrected chi connectivity index (χ3v) is 11.8. The third-order valence-electron chi connectivity index (χ3n) is 11.8. The SMILES string of the molecule is O=C([O-])CC(O)C(=O)[O-].O=C([O-])CC(O)C(=O)[O-].O=C([O-])CC(O)C(=O)[O-].O=C([O-])CC(O)C(=O)[O-].O=C([O-])CC(O)C(=O)[O-].O=C([O-])[C@H](O)[C@@H](O)[C@H](O)[C@H](O)CO.O=C([O-])[C@H](O)[C@@H](O)[C@H](O)[C@H](O)CO.O=C([O-])[C@H](O)[C@@H](O)[C@H](O)[C@H](O)CO.O=C([O-])[C@H](O)[C@@H](O)[C@H](O)[C@H](O)CO.O=C([O-])[C@H](O)[C@@H](O)[C@H](O)[C@H](O)CO.OC[C@@H](O)C(O)[C@@H](O)CO.[Cu+2].[Cu+2].[Cu+2].[Cu+2].[Fe+3].[Fe+3].[Fe+3].[Fe+3].[OH-].[OH-].[OH-].[OH-].[OH-]. The molecular formula is C55H92Cu4Fe4O70. The van der Waals surface area contributed by atoms with Crippen molar-refractivity contribution in [1.82, 2.24) is 0 Å². The van der Waals surface area contributed by atoms with Crippen molar-refractivity contribution in [2.24, 2.45) is 0 Å². The molecule has 0 bridgehead atoms. The molecule has 8 radical (unpaired) electrons. The maximum Gasteiger partial charge on any atom is 3.00 e. The van der Waals surface area contributed by atoms with Crippen LogP contribution in [0, 0.1) is 0 Å². The Kier molecular flexibility index (Phi) is 156. The van der Waals surface area contributed by atoms with Crippen molar-refractivity contribution < 1.29 is 491 Å². The van der Waals surface area contributed by atoms with Gasteiger partial charge in [0, 0.05) is 62.0 Å². The Hall–Kier alpha value is -5.39. The summed E-state index contributed by atoms with van der Waals surface area (Å²) < 4.78 is 0. The van der Waals surface area contributed by atoms with Gasteiger partial charge in [0.05, 0.1) is 136 Å². The molecule has 0 aliphatic heterocycles. The topological polar surface area (TPSA) is 1460 Å². The third kappa shape index (κ3) is 105. The van der Waals surface area contributed by atoms with Crippen molar-refractivity contribution >= 4 is 89.5 Å². The van der Waals surface area contributed by atoms with Gasteiger partial charge in [-0.1, -0.05) is 0 Å². The predicted octanol–water partition coefficient (Wildman–Crippen LogP) is -46.8. The van der Waals surface area contributed by atoms with Gasteiger partial charge in [-0.05, 0) is 0 Å². The second-order valence-electron chi connectivity index (χ2n) is 21.5. The van der Waals surface area contributed by atoms with E-state index in [1.54, 1.807) is 0 Å². The first-order valence-corrected chi connectivity index (χ1v) is 30.8. The van der Waals surface area contributed by atoms with E-state index in [0.29, 0.717) is 0 Å². The first-order chi connectivity index (χ1) is 54.4. The van der Waals surface area contributed by atoms with Crippen molar-refractivity contribution in [2.45, 2.75) is 203 Å². The number of aliphatic carboxylic acids is 15. The van der Waals surface area contributed by atoms with Crippen LogP contribution in [0.2, 0.25) is 0 Å². The molecule has 133 heavy (non-hydrogen) atoms. The Labute approximate surface area is 825 Å². The summed E-state index contributed by atoms with van der Waals surface area (Å²) in [5.41, 5.74) is 0. The molecule has 70 nitrogen and oxygen atoms in total. The summed E-state index contributed by atoms with van der Waals surface area (Å²) in [6.45, 7) is -5.60. The molecule has 0 aliphatic rings. The molecule has 6 unspecified atom stereocenters. The molecule has 0 saturated carbocycles. The minimum absolute atomic E-state index is 0. The summed E-state index contributed by atoms with van der Waals surface area (Å²) in [4.78, 5) is 146. The van der Waals surface area contributed by atoms with Gasteiger partial charge in [-0.3, -0.25) is 0 Å². The van der Waals surface area contributed by atoms with Crippen LogP contribution in [-0.4, -0.2) is 513 Å². The molecule has 808 valence electrons. The van der Waals surface area contributed by atoms with E-state index in [9.17, 15) is 149 Å². The van der Waals surface area contributed by atoms with Crippen LogP contribution in [0.1, 0.15) is 32.1 Å². The molecular weight excluding hydrogens is 2260 g/mol. The average molecular weight is 2350 g/mol. The number of aliphatic hydroxyl groups is 35. The van der Waals surface area contributed by atoms with E-state index in [2.05, 4.69) is 0 Å².